The molecule has 2 atom stereocenters. The Labute approximate surface area is 188 Å². The van der Waals surface area contributed by atoms with Gasteiger partial charge in [-0.05, 0) is 23.8 Å². The lowest BCUT2D eigenvalue weighted by atomic mass is 10.0. The van der Waals surface area contributed by atoms with Gasteiger partial charge in [0.25, 0.3) is 0 Å². The van der Waals surface area contributed by atoms with Gasteiger partial charge < -0.3 is 14.9 Å². The van der Waals surface area contributed by atoms with E-state index in [-0.39, 0.29) is 41.0 Å². The molecule has 1 aliphatic rings. The van der Waals surface area contributed by atoms with Crippen LogP contribution >= 0.6 is 0 Å². The van der Waals surface area contributed by atoms with Crippen molar-refractivity contribution < 1.29 is 26.5 Å². The molecular weight excluding hydrogens is 461 g/mol. The first-order chi connectivity index (χ1) is 15.8. The summed E-state index contributed by atoms with van der Waals surface area (Å²) in [5.74, 6) is -2.92. The summed E-state index contributed by atoms with van der Waals surface area (Å²) < 4.78 is 67.1. The van der Waals surface area contributed by atoms with Gasteiger partial charge in [-0.1, -0.05) is 0 Å². The molecule has 172 valence electrons. The van der Waals surface area contributed by atoms with E-state index in [9.17, 15) is 17.4 Å². The third-order valence-electron chi connectivity index (χ3n) is 4.65. The summed E-state index contributed by atoms with van der Waals surface area (Å²) in [6, 6.07) is 1.08. The van der Waals surface area contributed by atoms with Crippen LogP contribution in [0.3, 0.4) is 0 Å². The molecule has 0 saturated heterocycles. The van der Waals surface area contributed by atoms with Gasteiger partial charge in [0, 0.05) is 12.6 Å². The van der Waals surface area contributed by atoms with Gasteiger partial charge in [0.2, 0.25) is 17.7 Å². The lowest BCUT2D eigenvalue weighted by molar-refractivity contribution is 0.252. The van der Waals surface area contributed by atoms with Crippen LogP contribution in [0.1, 0.15) is 28.8 Å². The van der Waals surface area contributed by atoms with Gasteiger partial charge in [0.05, 0.1) is 30.4 Å². The molecule has 1 aromatic carbocycles. The van der Waals surface area contributed by atoms with E-state index in [1.165, 1.54) is 36.1 Å². The Morgan fingerprint density at radius 1 is 1.33 bits per heavy atom. The molecule has 0 saturated carbocycles. The van der Waals surface area contributed by atoms with E-state index in [1.807, 2.05) is 0 Å². The number of ether oxygens (including phenoxy) is 1. The third kappa shape index (κ3) is 5.03. The molecule has 0 bridgehead atoms. The zero-order valence-corrected chi connectivity index (χ0v) is 17.9. The Kier molecular flexibility index (Phi) is 6.40. The van der Waals surface area contributed by atoms with Crippen molar-refractivity contribution in [2.75, 3.05) is 12.8 Å². The summed E-state index contributed by atoms with van der Waals surface area (Å²) in [4.78, 5) is 15.8. The topological polar surface area (TPSA) is 120 Å². The van der Waals surface area contributed by atoms with E-state index in [4.69, 9.17) is 14.9 Å². The average Bonchev–Trinajstić information content (AvgIpc) is 3.32. The molecule has 2 unspecified atom stereocenters. The summed E-state index contributed by atoms with van der Waals surface area (Å²) >= 11 is 0. The van der Waals surface area contributed by atoms with Crippen molar-refractivity contribution in [2.24, 2.45) is 10.7 Å². The molecule has 2 aromatic heterocycles. The van der Waals surface area contributed by atoms with Crippen LogP contribution in [-0.2, 0) is 17.6 Å². The molecule has 0 radical (unpaired) electrons. The van der Waals surface area contributed by atoms with Crippen molar-refractivity contribution in [1.29, 1.82) is 0 Å². The number of guanidine groups is 1. The van der Waals surface area contributed by atoms with Gasteiger partial charge in [0.15, 0.2) is 24.1 Å². The molecular formula is C20H17F3N6O3S. The molecule has 0 amide bonds. The molecule has 0 spiro atoms. The summed E-state index contributed by atoms with van der Waals surface area (Å²) in [5.41, 5.74) is 5.39. The SMILES string of the molecule is CN1C(N)=NC(c2cc(/C=C(\F)c3cnc(OCc4ncco4)cn3)cc(F)c2F)CS1=O. The number of hydrogen-bond acceptors (Lipinski definition) is 8. The second-order valence-corrected chi connectivity index (χ2v) is 8.37. The molecule has 13 heteroatoms. The molecule has 3 aromatic rings. The number of nitrogens with two attached hydrogens (primary N) is 1. The Balaban J connectivity index is 1.55. The highest BCUT2D eigenvalue weighted by Gasteiger charge is 2.28. The van der Waals surface area contributed by atoms with Crippen LogP contribution in [0.5, 0.6) is 5.88 Å². The maximum Gasteiger partial charge on any atom is 0.232 e. The number of aliphatic imine (C=N–C) groups is 1. The minimum atomic E-state index is -1.56. The third-order valence-corrected chi connectivity index (χ3v) is 6.05. The van der Waals surface area contributed by atoms with Crippen LogP contribution in [0.2, 0.25) is 0 Å². The number of nitrogens with zero attached hydrogens (tertiary/aromatic N) is 5. The van der Waals surface area contributed by atoms with E-state index in [2.05, 4.69) is 19.9 Å². The van der Waals surface area contributed by atoms with E-state index >= 15 is 0 Å². The van der Waals surface area contributed by atoms with E-state index in [0.717, 1.165) is 18.3 Å². The highest BCUT2D eigenvalue weighted by Crippen LogP contribution is 2.29. The number of benzene rings is 1. The van der Waals surface area contributed by atoms with E-state index in [0.29, 0.717) is 5.89 Å². The zero-order valence-electron chi connectivity index (χ0n) is 17.1. The fraction of sp³-hybridized carbons (Fsp3) is 0.200. The van der Waals surface area contributed by atoms with Crippen molar-refractivity contribution in [2.45, 2.75) is 12.6 Å². The van der Waals surface area contributed by atoms with Crippen molar-refractivity contribution in [3.8, 4) is 5.88 Å². The summed E-state index contributed by atoms with van der Waals surface area (Å²) in [5, 5.41) is 0. The standard InChI is InChI=1S/C20H17F3N6O3S/c1-29-20(24)28-16(10-33(29)30)12-4-11(6-14(22)19(12)23)5-13(21)15-7-27-17(8-26-15)32-9-18-25-2-3-31-18/h2-8,16H,9-10H2,1H3,(H2,24,28)/b13-5-. The number of hydrogen-bond donors (Lipinski definition) is 1. The van der Waals surface area contributed by atoms with Gasteiger partial charge in [0.1, 0.15) is 22.9 Å². The number of rotatable bonds is 6. The smallest absolute Gasteiger partial charge is 0.232 e. The first-order valence-corrected chi connectivity index (χ1v) is 10.7. The molecule has 9 nitrogen and oxygen atoms in total. The highest BCUT2D eigenvalue weighted by atomic mass is 32.2. The van der Waals surface area contributed by atoms with Crippen LogP contribution in [0.15, 0.2) is 46.4 Å². The lowest BCUT2D eigenvalue weighted by Gasteiger charge is -2.26. The number of aromatic nitrogens is 3. The lowest BCUT2D eigenvalue weighted by Crippen LogP contribution is -2.41. The average molecular weight is 478 g/mol. The van der Waals surface area contributed by atoms with Gasteiger partial charge in [-0.2, -0.15) is 0 Å². The predicted octanol–water partition coefficient (Wildman–Crippen LogP) is 2.75. The van der Waals surface area contributed by atoms with Crippen molar-refractivity contribution in [3.63, 3.8) is 0 Å². The summed E-state index contributed by atoms with van der Waals surface area (Å²) in [6.07, 6.45) is 6.16. The van der Waals surface area contributed by atoms with Crippen LogP contribution in [0.25, 0.3) is 11.9 Å². The largest absolute Gasteiger partial charge is 0.467 e. The monoisotopic (exact) mass is 478 g/mol. The van der Waals surface area contributed by atoms with E-state index in [1.54, 1.807) is 0 Å². The molecule has 0 fully saturated rings. The van der Waals surface area contributed by atoms with Crippen molar-refractivity contribution in [3.05, 3.63) is 71.3 Å². The molecule has 0 aliphatic carbocycles. The number of oxazole rings is 1. The molecule has 33 heavy (non-hydrogen) atoms. The molecule has 2 N–H and O–H groups in total. The molecule has 1 aliphatic heterocycles. The quantitative estimate of drug-likeness (QED) is 0.579. The first kappa shape index (κ1) is 22.5. The second kappa shape index (κ2) is 9.40. The minimum Gasteiger partial charge on any atom is -0.467 e. The second-order valence-electron chi connectivity index (χ2n) is 6.84. The van der Waals surface area contributed by atoms with Gasteiger partial charge >= 0.3 is 0 Å². The van der Waals surface area contributed by atoms with Crippen LogP contribution < -0.4 is 10.5 Å². The normalized spacial score (nSPS) is 18.8. The molecule has 3 heterocycles. The highest BCUT2D eigenvalue weighted by molar-refractivity contribution is 7.83. The molecule has 4 rings (SSSR count). The zero-order chi connectivity index (χ0) is 23.5. The fourth-order valence-electron chi connectivity index (χ4n) is 2.94. The maximum atomic E-state index is 14.7. The first-order valence-electron chi connectivity index (χ1n) is 9.47. The van der Waals surface area contributed by atoms with Gasteiger partial charge in [-0.3, -0.25) is 4.31 Å². The summed E-state index contributed by atoms with van der Waals surface area (Å²) in [6.45, 7) is 0.0196. The predicted molar refractivity (Wildman–Crippen MR) is 113 cm³/mol. The summed E-state index contributed by atoms with van der Waals surface area (Å²) in [7, 11) is -0.0886. The Bertz CT molecular complexity index is 1230. The Morgan fingerprint density at radius 2 is 2.15 bits per heavy atom. The van der Waals surface area contributed by atoms with Crippen molar-refractivity contribution >= 4 is 28.8 Å². The Hall–Kier alpha value is -3.74. The van der Waals surface area contributed by atoms with Gasteiger partial charge in [-0.25, -0.2) is 37.3 Å². The van der Waals surface area contributed by atoms with Crippen LogP contribution in [0.4, 0.5) is 13.2 Å². The Morgan fingerprint density at radius 3 is 2.82 bits per heavy atom. The maximum absolute atomic E-state index is 14.7. The van der Waals surface area contributed by atoms with Crippen molar-refractivity contribution in [1.82, 2.24) is 19.3 Å². The van der Waals surface area contributed by atoms with Gasteiger partial charge in [-0.15, -0.1) is 0 Å². The number of halogens is 3. The minimum absolute atomic E-state index is 0.0194. The fourth-order valence-corrected chi connectivity index (χ4v) is 3.94. The van der Waals surface area contributed by atoms with E-state index < -0.39 is 34.5 Å². The van der Waals surface area contributed by atoms with Crippen LogP contribution in [-0.4, -0.2) is 42.2 Å². The van der Waals surface area contributed by atoms with Crippen LogP contribution in [0, 0.1) is 11.6 Å².